The normalized spacial score (nSPS) is 10.2. The van der Waals surface area contributed by atoms with E-state index in [9.17, 15) is 10.1 Å². The van der Waals surface area contributed by atoms with E-state index in [2.05, 4.69) is 5.16 Å². The largest absolute Gasteiger partial charge is 0.485 e. The number of aromatic nitrogens is 1. The molecule has 0 aliphatic carbocycles. The van der Waals surface area contributed by atoms with Crippen LogP contribution in [0.5, 0.6) is 5.75 Å². The fraction of sp³-hybridized carbons (Fsp3) is 0.100. The predicted molar refractivity (Wildman–Crippen MR) is 58.9 cm³/mol. The number of hydrogen-bond acceptors (Lipinski definition) is 5. The van der Waals surface area contributed by atoms with E-state index >= 15 is 0 Å². The molecular weight excluding hydrogens is 248 g/mol. The van der Waals surface area contributed by atoms with E-state index in [1.54, 1.807) is 6.07 Å². The van der Waals surface area contributed by atoms with E-state index in [1.807, 2.05) is 0 Å². The van der Waals surface area contributed by atoms with Crippen LogP contribution in [-0.4, -0.2) is 10.1 Å². The van der Waals surface area contributed by atoms with Crippen LogP contribution in [0.15, 0.2) is 35.0 Å². The lowest BCUT2D eigenvalue weighted by Crippen LogP contribution is -1.95. The predicted octanol–water partition coefficient (Wildman–Crippen LogP) is 2.82. The van der Waals surface area contributed by atoms with E-state index in [0.717, 1.165) is 0 Å². The summed E-state index contributed by atoms with van der Waals surface area (Å²) in [6.45, 7) is 0.189. The Morgan fingerprint density at radius 3 is 2.88 bits per heavy atom. The SMILES string of the molecule is O=[N+]([O-])c1ccc(OCc2ccno2)cc1Cl. The maximum Gasteiger partial charge on any atom is 0.288 e. The molecule has 1 aromatic heterocycles. The third kappa shape index (κ3) is 2.73. The van der Waals surface area contributed by atoms with Gasteiger partial charge in [0.2, 0.25) is 0 Å². The first-order valence-corrected chi connectivity index (χ1v) is 5.01. The fourth-order valence-electron chi connectivity index (χ4n) is 1.20. The molecule has 0 saturated heterocycles. The first-order chi connectivity index (χ1) is 8.16. The van der Waals surface area contributed by atoms with E-state index in [4.69, 9.17) is 20.9 Å². The Morgan fingerprint density at radius 1 is 1.47 bits per heavy atom. The van der Waals surface area contributed by atoms with Crippen molar-refractivity contribution in [3.63, 3.8) is 0 Å². The lowest BCUT2D eigenvalue weighted by molar-refractivity contribution is -0.384. The van der Waals surface area contributed by atoms with Gasteiger partial charge in [-0.2, -0.15) is 0 Å². The number of nitro benzene ring substituents is 1. The molecule has 7 heteroatoms. The molecule has 1 heterocycles. The van der Waals surface area contributed by atoms with Gasteiger partial charge >= 0.3 is 0 Å². The number of rotatable bonds is 4. The lowest BCUT2D eigenvalue weighted by atomic mass is 10.3. The van der Waals surface area contributed by atoms with Crippen LogP contribution in [0.3, 0.4) is 0 Å². The Labute approximate surface area is 101 Å². The number of hydrogen-bond donors (Lipinski definition) is 0. The van der Waals surface area contributed by atoms with E-state index in [-0.39, 0.29) is 17.3 Å². The van der Waals surface area contributed by atoms with Crippen molar-refractivity contribution < 1.29 is 14.2 Å². The number of nitrogens with zero attached hydrogens (tertiary/aromatic N) is 2. The van der Waals surface area contributed by atoms with Crippen molar-refractivity contribution in [2.24, 2.45) is 0 Å². The van der Waals surface area contributed by atoms with Crippen molar-refractivity contribution in [3.05, 3.63) is 51.4 Å². The molecule has 0 aliphatic heterocycles. The van der Waals surface area contributed by atoms with Gasteiger partial charge in [-0.1, -0.05) is 16.8 Å². The van der Waals surface area contributed by atoms with Crippen LogP contribution in [0.2, 0.25) is 5.02 Å². The van der Waals surface area contributed by atoms with Crippen molar-refractivity contribution in [1.29, 1.82) is 0 Å². The van der Waals surface area contributed by atoms with Gasteiger partial charge in [0.1, 0.15) is 17.4 Å². The summed E-state index contributed by atoms with van der Waals surface area (Å²) < 4.78 is 10.2. The summed E-state index contributed by atoms with van der Waals surface area (Å²) in [5.41, 5.74) is -0.154. The van der Waals surface area contributed by atoms with Crippen LogP contribution < -0.4 is 4.74 Å². The van der Waals surface area contributed by atoms with Crippen molar-refractivity contribution >= 4 is 17.3 Å². The molecule has 2 aromatic rings. The highest BCUT2D eigenvalue weighted by molar-refractivity contribution is 6.32. The first-order valence-electron chi connectivity index (χ1n) is 4.63. The molecule has 0 saturated carbocycles. The van der Waals surface area contributed by atoms with Gasteiger partial charge in [-0.3, -0.25) is 10.1 Å². The zero-order valence-electron chi connectivity index (χ0n) is 8.50. The third-order valence-corrected chi connectivity index (χ3v) is 2.29. The van der Waals surface area contributed by atoms with E-state index in [1.165, 1.54) is 24.4 Å². The highest BCUT2D eigenvalue weighted by atomic mass is 35.5. The highest BCUT2D eigenvalue weighted by Gasteiger charge is 2.12. The molecule has 0 N–H and O–H groups in total. The summed E-state index contributed by atoms with van der Waals surface area (Å²) in [6.07, 6.45) is 1.50. The van der Waals surface area contributed by atoms with Crippen LogP contribution in [0.25, 0.3) is 0 Å². The summed E-state index contributed by atoms with van der Waals surface area (Å²) in [5, 5.41) is 14.1. The summed E-state index contributed by atoms with van der Waals surface area (Å²) >= 11 is 5.73. The fourth-order valence-corrected chi connectivity index (χ4v) is 1.44. The van der Waals surface area contributed by atoms with Gasteiger partial charge in [-0.05, 0) is 6.07 Å². The molecule has 1 aromatic carbocycles. The molecule has 0 unspecified atom stereocenters. The summed E-state index contributed by atoms with van der Waals surface area (Å²) in [4.78, 5) is 9.98. The van der Waals surface area contributed by atoms with Crippen molar-refractivity contribution in [2.75, 3.05) is 0 Å². The topological polar surface area (TPSA) is 78.4 Å². The second-order valence-electron chi connectivity index (χ2n) is 3.14. The molecule has 0 spiro atoms. The minimum Gasteiger partial charge on any atom is -0.485 e. The van der Waals surface area contributed by atoms with Crippen LogP contribution in [0.1, 0.15) is 5.76 Å². The summed E-state index contributed by atoms with van der Waals surface area (Å²) in [6, 6.07) is 5.81. The Balaban J connectivity index is 2.07. The van der Waals surface area contributed by atoms with Gasteiger partial charge in [0, 0.05) is 18.2 Å². The maximum absolute atomic E-state index is 10.5. The first kappa shape index (κ1) is 11.4. The van der Waals surface area contributed by atoms with Gasteiger partial charge in [-0.15, -0.1) is 0 Å². The number of halogens is 1. The standard InChI is InChI=1S/C10H7ClN2O4/c11-9-5-7(1-2-10(9)13(14)15)16-6-8-3-4-12-17-8/h1-5H,6H2. The van der Waals surface area contributed by atoms with Crippen LogP contribution >= 0.6 is 11.6 Å². The zero-order chi connectivity index (χ0) is 12.3. The van der Waals surface area contributed by atoms with Crippen LogP contribution in [0.4, 0.5) is 5.69 Å². The Hall–Kier alpha value is -2.08. The molecule has 6 nitrogen and oxygen atoms in total. The number of ether oxygens (including phenoxy) is 1. The van der Waals surface area contributed by atoms with Gasteiger partial charge in [-0.25, -0.2) is 0 Å². The minimum atomic E-state index is -0.553. The lowest BCUT2D eigenvalue weighted by Gasteiger charge is -2.03. The van der Waals surface area contributed by atoms with Gasteiger partial charge in [0.15, 0.2) is 5.76 Å². The summed E-state index contributed by atoms with van der Waals surface area (Å²) in [7, 11) is 0. The molecule has 0 aliphatic rings. The van der Waals surface area contributed by atoms with Gasteiger partial charge in [0.05, 0.1) is 11.1 Å². The monoisotopic (exact) mass is 254 g/mol. The van der Waals surface area contributed by atoms with Gasteiger partial charge in [0.25, 0.3) is 5.69 Å². The Morgan fingerprint density at radius 2 is 2.29 bits per heavy atom. The second kappa shape index (κ2) is 4.84. The quantitative estimate of drug-likeness (QED) is 0.619. The molecule has 0 bridgehead atoms. The maximum atomic E-state index is 10.5. The molecule has 17 heavy (non-hydrogen) atoms. The van der Waals surface area contributed by atoms with Crippen molar-refractivity contribution in [2.45, 2.75) is 6.61 Å². The third-order valence-electron chi connectivity index (χ3n) is 1.99. The summed E-state index contributed by atoms with van der Waals surface area (Å²) in [5.74, 6) is 0.983. The van der Waals surface area contributed by atoms with Crippen molar-refractivity contribution in [1.82, 2.24) is 5.16 Å². The molecule has 0 amide bonds. The smallest absolute Gasteiger partial charge is 0.288 e. The highest BCUT2D eigenvalue weighted by Crippen LogP contribution is 2.28. The molecule has 88 valence electrons. The van der Waals surface area contributed by atoms with Gasteiger partial charge < -0.3 is 9.26 Å². The van der Waals surface area contributed by atoms with Crippen molar-refractivity contribution in [3.8, 4) is 5.75 Å². The Kier molecular flexibility index (Phi) is 3.24. The molecule has 0 radical (unpaired) electrons. The molecule has 2 rings (SSSR count). The molecule has 0 fully saturated rings. The average molecular weight is 255 g/mol. The van der Waals surface area contributed by atoms with Crippen LogP contribution in [0, 0.1) is 10.1 Å². The number of nitro groups is 1. The molecular formula is C10H7ClN2O4. The minimum absolute atomic E-state index is 0.0325. The van der Waals surface area contributed by atoms with E-state index in [0.29, 0.717) is 11.5 Å². The zero-order valence-corrected chi connectivity index (χ0v) is 9.26. The second-order valence-corrected chi connectivity index (χ2v) is 3.54. The Bertz CT molecular complexity index is 527. The number of benzene rings is 1. The van der Waals surface area contributed by atoms with Crippen LogP contribution in [-0.2, 0) is 6.61 Å². The average Bonchev–Trinajstić information content (AvgIpc) is 2.78. The molecule has 0 atom stereocenters. The van der Waals surface area contributed by atoms with E-state index < -0.39 is 4.92 Å².